The van der Waals surface area contributed by atoms with Crippen molar-refractivity contribution in [3.8, 4) is 6.07 Å². The van der Waals surface area contributed by atoms with Crippen molar-refractivity contribution in [3.05, 3.63) is 94.0 Å². The topological polar surface area (TPSA) is 52.9 Å². The van der Waals surface area contributed by atoms with Gasteiger partial charge in [-0.25, -0.2) is 0 Å². The summed E-state index contributed by atoms with van der Waals surface area (Å²) < 4.78 is 0. The fourth-order valence-electron chi connectivity index (χ4n) is 2.55. The number of rotatable bonds is 5. The summed E-state index contributed by atoms with van der Waals surface area (Å²) in [7, 11) is 0. The van der Waals surface area contributed by atoms with Crippen molar-refractivity contribution in [2.75, 3.05) is 5.32 Å². The van der Waals surface area contributed by atoms with Crippen molar-refractivity contribution in [3.63, 3.8) is 0 Å². The van der Waals surface area contributed by atoms with Crippen LogP contribution in [0.4, 0.5) is 5.69 Å². The minimum Gasteiger partial charge on any atom is -0.322 e. The molecular formula is C22H17ClN2OS. The van der Waals surface area contributed by atoms with E-state index in [2.05, 4.69) is 11.4 Å². The van der Waals surface area contributed by atoms with E-state index >= 15 is 0 Å². The fourth-order valence-corrected chi connectivity index (χ4v) is 3.73. The third-order valence-corrected chi connectivity index (χ3v) is 5.68. The SMILES string of the molecule is Cc1c(Cl)cccc1NC(=O)c1ccccc1SCc1ccc(C#N)cc1. The summed E-state index contributed by atoms with van der Waals surface area (Å²) in [5, 5.41) is 12.5. The second-order valence-corrected chi connectivity index (χ2v) is 7.38. The van der Waals surface area contributed by atoms with Gasteiger partial charge in [0, 0.05) is 21.4 Å². The molecule has 134 valence electrons. The zero-order valence-corrected chi connectivity index (χ0v) is 16.3. The van der Waals surface area contributed by atoms with Crippen LogP contribution in [0.5, 0.6) is 0 Å². The van der Waals surface area contributed by atoms with Gasteiger partial charge in [-0.3, -0.25) is 4.79 Å². The zero-order valence-electron chi connectivity index (χ0n) is 14.7. The smallest absolute Gasteiger partial charge is 0.256 e. The molecule has 1 amide bonds. The lowest BCUT2D eigenvalue weighted by Crippen LogP contribution is -2.13. The Bertz CT molecular complexity index is 1010. The van der Waals surface area contributed by atoms with Gasteiger partial charge in [-0.2, -0.15) is 5.26 Å². The molecule has 0 spiro atoms. The van der Waals surface area contributed by atoms with Gasteiger partial charge < -0.3 is 5.32 Å². The van der Waals surface area contributed by atoms with Gasteiger partial charge in [-0.15, -0.1) is 11.8 Å². The van der Waals surface area contributed by atoms with Crippen molar-refractivity contribution < 1.29 is 4.79 Å². The van der Waals surface area contributed by atoms with E-state index in [1.165, 1.54) is 0 Å². The molecule has 3 nitrogen and oxygen atoms in total. The molecule has 5 heteroatoms. The maximum Gasteiger partial charge on any atom is 0.256 e. The maximum absolute atomic E-state index is 12.8. The third kappa shape index (κ3) is 4.71. The predicted octanol–water partition coefficient (Wildman–Crippen LogP) is 6.06. The molecule has 0 aliphatic rings. The molecule has 0 aliphatic carbocycles. The molecule has 0 fully saturated rings. The predicted molar refractivity (Wildman–Crippen MR) is 111 cm³/mol. The molecule has 0 aliphatic heterocycles. The van der Waals surface area contributed by atoms with Gasteiger partial charge in [0.15, 0.2) is 0 Å². The van der Waals surface area contributed by atoms with E-state index in [-0.39, 0.29) is 5.91 Å². The Kier molecular flexibility index (Phi) is 6.18. The van der Waals surface area contributed by atoms with E-state index in [9.17, 15) is 4.79 Å². The highest BCUT2D eigenvalue weighted by atomic mass is 35.5. The Balaban J connectivity index is 1.75. The van der Waals surface area contributed by atoms with Crippen LogP contribution in [0.25, 0.3) is 0 Å². The molecule has 0 atom stereocenters. The second-order valence-electron chi connectivity index (χ2n) is 5.96. The van der Waals surface area contributed by atoms with Crippen molar-refractivity contribution in [2.45, 2.75) is 17.6 Å². The van der Waals surface area contributed by atoms with Gasteiger partial charge in [0.05, 0.1) is 17.2 Å². The highest BCUT2D eigenvalue weighted by molar-refractivity contribution is 7.98. The highest BCUT2D eigenvalue weighted by Crippen LogP contribution is 2.28. The van der Waals surface area contributed by atoms with Gasteiger partial charge in [0.2, 0.25) is 0 Å². The molecular weight excluding hydrogens is 376 g/mol. The van der Waals surface area contributed by atoms with Gasteiger partial charge in [-0.05, 0) is 54.4 Å². The van der Waals surface area contributed by atoms with Crippen LogP contribution in [0, 0.1) is 18.3 Å². The first-order valence-electron chi connectivity index (χ1n) is 8.36. The first kappa shape index (κ1) is 19.0. The fraction of sp³-hybridized carbons (Fsp3) is 0.0909. The molecule has 0 saturated heterocycles. The van der Waals surface area contributed by atoms with Crippen LogP contribution in [0.3, 0.4) is 0 Å². The molecule has 0 heterocycles. The molecule has 1 N–H and O–H groups in total. The number of nitriles is 1. The first-order chi connectivity index (χ1) is 13.1. The Labute approximate surface area is 168 Å². The molecule has 0 saturated carbocycles. The van der Waals surface area contributed by atoms with Crippen molar-refractivity contribution in [2.24, 2.45) is 0 Å². The summed E-state index contributed by atoms with van der Waals surface area (Å²) in [6.45, 7) is 1.88. The lowest BCUT2D eigenvalue weighted by molar-refractivity contribution is 0.102. The standard InChI is InChI=1S/C22H17ClN2OS/c1-15-19(23)6-4-7-20(15)25-22(26)18-5-2-3-8-21(18)27-14-17-11-9-16(13-24)10-12-17/h2-12H,14H2,1H3,(H,25,26). The normalized spacial score (nSPS) is 10.3. The summed E-state index contributed by atoms with van der Waals surface area (Å²) in [6, 6.07) is 22.6. The van der Waals surface area contributed by atoms with Crippen molar-refractivity contribution >= 4 is 35.0 Å². The zero-order chi connectivity index (χ0) is 19.2. The maximum atomic E-state index is 12.8. The van der Waals surface area contributed by atoms with Crippen LogP contribution in [0.15, 0.2) is 71.6 Å². The summed E-state index contributed by atoms with van der Waals surface area (Å²) >= 11 is 7.73. The molecule has 0 bridgehead atoms. The number of carbonyl (C=O) groups excluding carboxylic acids is 1. The number of hydrogen-bond acceptors (Lipinski definition) is 3. The molecule has 0 aromatic heterocycles. The Morgan fingerprint density at radius 2 is 1.81 bits per heavy atom. The highest BCUT2D eigenvalue weighted by Gasteiger charge is 2.13. The largest absolute Gasteiger partial charge is 0.322 e. The second kappa shape index (κ2) is 8.77. The van der Waals surface area contributed by atoms with E-state index < -0.39 is 0 Å². The quantitative estimate of drug-likeness (QED) is 0.536. The van der Waals surface area contributed by atoms with Gasteiger partial charge >= 0.3 is 0 Å². The summed E-state index contributed by atoms with van der Waals surface area (Å²) in [5.74, 6) is 0.551. The monoisotopic (exact) mass is 392 g/mol. The Morgan fingerprint density at radius 1 is 1.07 bits per heavy atom. The number of amides is 1. The van der Waals surface area contributed by atoms with Crippen LogP contribution >= 0.6 is 23.4 Å². The molecule has 3 aromatic carbocycles. The number of benzene rings is 3. The van der Waals surface area contributed by atoms with Crippen LogP contribution < -0.4 is 5.32 Å². The Hall–Kier alpha value is -2.74. The number of anilines is 1. The van der Waals surface area contributed by atoms with Gasteiger partial charge in [0.1, 0.15) is 0 Å². The van der Waals surface area contributed by atoms with Crippen molar-refractivity contribution in [1.29, 1.82) is 5.26 Å². The average Bonchev–Trinajstić information content (AvgIpc) is 2.70. The van der Waals surface area contributed by atoms with Crippen LogP contribution in [-0.4, -0.2) is 5.91 Å². The molecule has 0 unspecified atom stereocenters. The molecule has 27 heavy (non-hydrogen) atoms. The first-order valence-corrected chi connectivity index (χ1v) is 9.72. The number of nitrogens with one attached hydrogen (secondary N) is 1. The summed E-state index contributed by atoms with van der Waals surface area (Å²) in [5.41, 5.74) is 3.91. The van der Waals surface area contributed by atoms with E-state index in [1.807, 2.05) is 55.5 Å². The number of halogens is 1. The number of carbonyl (C=O) groups is 1. The van der Waals surface area contributed by atoms with Gasteiger partial charge in [0.25, 0.3) is 5.91 Å². The summed E-state index contributed by atoms with van der Waals surface area (Å²) in [6.07, 6.45) is 0. The van der Waals surface area contributed by atoms with Crippen LogP contribution in [0.1, 0.15) is 27.0 Å². The van der Waals surface area contributed by atoms with Crippen LogP contribution in [0.2, 0.25) is 5.02 Å². The lowest BCUT2D eigenvalue weighted by Gasteiger charge is -2.12. The van der Waals surface area contributed by atoms with Gasteiger partial charge in [-0.1, -0.05) is 41.9 Å². The molecule has 0 radical (unpaired) electrons. The molecule has 3 aromatic rings. The number of thioether (sulfide) groups is 1. The lowest BCUT2D eigenvalue weighted by atomic mass is 10.1. The van der Waals surface area contributed by atoms with E-state index in [0.717, 1.165) is 16.0 Å². The number of nitrogens with zero attached hydrogens (tertiary/aromatic N) is 1. The molecule has 3 rings (SSSR count). The average molecular weight is 393 g/mol. The third-order valence-electron chi connectivity index (χ3n) is 4.12. The minimum atomic E-state index is -0.164. The Morgan fingerprint density at radius 3 is 2.56 bits per heavy atom. The van der Waals surface area contributed by atoms with Crippen molar-refractivity contribution in [1.82, 2.24) is 0 Å². The summed E-state index contributed by atoms with van der Waals surface area (Å²) in [4.78, 5) is 13.7. The number of hydrogen-bond donors (Lipinski definition) is 1. The van der Waals surface area contributed by atoms with E-state index in [0.29, 0.717) is 27.6 Å². The van der Waals surface area contributed by atoms with Crippen LogP contribution in [-0.2, 0) is 5.75 Å². The van der Waals surface area contributed by atoms with E-state index in [1.54, 1.807) is 30.0 Å². The minimum absolute atomic E-state index is 0.164. The van der Waals surface area contributed by atoms with E-state index in [4.69, 9.17) is 16.9 Å².